The van der Waals surface area contributed by atoms with Crippen LogP contribution >= 0.6 is 0 Å². The standard InChI is InChI=1S/C16H19N3O2/c1-3-18-8-9-19(11-15(18)20)16(21)13-10-17(2)14-7-5-4-6-12(13)14/h4-7,10H,3,8-9,11H2,1-2H3. The van der Waals surface area contributed by atoms with Crippen LogP contribution in [0.4, 0.5) is 0 Å². The molecule has 1 aromatic heterocycles. The Morgan fingerprint density at radius 2 is 2.00 bits per heavy atom. The first-order chi connectivity index (χ1) is 10.1. The molecule has 5 heteroatoms. The topological polar surface area (TPSA) is 45.5 Å². The number of aryl methyl sites for hydroxylation is 1. The summed E-state index contributed by atoms with van der Waals surface area (Å²) in [7, 11) is 1.93. The van der Waals surface area contributed by atoms with Crippen molar-refractivity contribution in [2.24, 2.45) is 7.05 Å². The van der Waals surface area contributed by atoms with E-state index in [4.69, 9.17) is 0 Å². The molecule has 110 valence electrons. The third-order valence-electron chi connectivity index (χ3n) is 4.11. The van der Waals surface area contributed by atoms with E-state index in [9.17, 15) is 9.59 Å². The van der Waals surface area contributed by atoms with Crippen molar-refractivity contribution >= 4 is 22.7 Å². The molecule has 1 saturated heterocycles. The van der Waals surface area contributed by atoms with E-state index in [-0.39, 0.29) is 18.4 Å². The van der Waals surface area contributed by atoms with Crippen LogP contribution < -0.4 is 0 Å². The van der Waals surface area contributed by atoms with Gasteiger partial charge in [0.15, 0.2) is 0 Å². The van der Waals surface area contributed by atoms with E-state index in [0.29, 0.717) is 25.2 Å². The molecule has 0 unspecified atom stereocenters. The molecule has 2 amide bonds. The van der Waals surface area contributed by atoms with Gasteiger partial charge >= 0.3 is 0 Å². The lowest BCUT2D eigenvalue weighted by molar-refractivity contribution is -0.134. The van der Waals surface area contributed by atoms with Gasteiger partial charge in [0.2, 0.25) is 5.91 Å². The van der Waals surface area contributed by atoms with Gasteiger partial charge in [-0.15, -0.1) is 0 Å². The maximum absolute atomic E-state index is 12.7. The van der Waals surface area contributed by atoms with Crippen LogP contribution in [0.25, 0.3) is 10.9 Å². The molecule has 21 heavy (non-hydrogen) atoms. The molecule has 5 nitrogen and oxygen atoms in total. The average Bonchev–Trinajstić information content (AvgIpc) is 2.84. The van der Waals surface area contributed by atoms with Crippen LogP contribution in [0.5, 0.6) is 0 Å². The number of carbonyl (C=O) groups is 2. The summed E-state index contributed by atoms with van der Waals surface area (Å²) in [6, 6.07) is 7.83. The number of carbonyl (C=O) groups excluding carboxylic acids is 2. The van der Waals surface area contributed by atoms with Gasteiger partial charge in [-0.1, -0.05) is 18.2 Å². The van der Waals surface area contributed by atoms with Crippen LogP contribution in [0.3, 0.4) is 0 Å². The van der Waals surface area contributed by atoms with Gasteiger partial charge in [0.1, 0.15) is 6.54 Å². The summed E-state index contributed by atoms with van der Waals surface area (Å²) in [4.78, 5) is 28.1. The van der Waals surface area contributed by atoms with Gasteiger partial charge < -0.3 is 14.4 Å². The summed E-state index contributed by atoms with van der Waals surface area (Å²) in [5.41, 5.74) is 1.70. The number of aromatic nitrogens is 1. The zero-order valence-electron chi connectivity index (χ0n) is 12.4. The number of fused-ring (bicyclic) bond motifs is 1. The van der Waals surface area contributed by atoms with Crippen molar-refractivity contribution in [2.75, 3.05) is 26.2 Å². The van der Waals surface area contributed by atoms with Gasteiger partial charge in [0, 0.05) is 43.8 Å². The van der Waals surface area contributed by atoms with E-state index in [2.05, 4.69) is 0 Å². The first kappa shape index (κ1) is 13.7. The summed E-state index contributed by atoms with van der Waals surface area (Å²) in [6.45, 7) is 4.05. The molecule has 1 aromatic carbocycles. The molecule has 1 aliphatic rings. The third-order valence-corrected chi connectivity index (χ3v) is 4.11. The molecule has 1 fully saturated rings. The first-order valence-corrected chi connectivity index (χ1v) is 7.23. The van der Waals surface area contributed by atoms with Crippen LogP contribution in [0.1, 0.15) is 17.3 Å². The fourth-order valence-electron chi connectivity index (χ4n) is 2.90. The fourth-order valence-corrected chi connectivity index (χ4v) is 2.90. The quantitative estimate of drug-likeness (QED) is 0.839. The van der Waals surface area contributed by atoms with E-state index in [1.54, 1.807) is 9.80 Å². The maximum Gasteiger partial charge on any atom is 0.256 e. The van der Waals surface area contributed by atoms with Crippen LogP contribution in [-0.2, 0) is 11.8 Å². The van der Waals surface area contributed by atoms with Crippen LogP contribution in [0.2, 0.25) is 0 Å². The van der Waals surface area contributed by atoms with Crippen molar-refractivity contribution < 1.29 is 9.59 Å². The average molecular weight is 285 g/mol. The SMILES string of the molecule is CCN1CCN(C(=O)c2cn(C)c3ccccc23)CC1=O. The molecule has 0 atom stereocenters. The van der Waals surface area contributed by atoms with E-state index in [1.807, 2.05) is 49.0 Å². The van der Waals surface area contributed by atoms with Gasteiger partial charge in [-0.25, -0.2) is 0 Å². The van der Waals surface area contributed by atoms with E-state index < -0.39 is 0 Å². The maximum atomic E-state index is 12.7. The molecular weight excluding hydrogens is 266 g/mol. The number of benzene rings is 1. The lowest BCUT2D eigenvalue weighted by atomic mass is 10.1. The summed E-state index contributed by atoms with van der Waals surface area (Å²) in [5.74, 6) is -0.0340. The second-order valence-corrected chi connectivity index (χ2v) is 5.37. The highest BCUT2D eigenvalue weighted by Crippen LogP contribution is 2.22. The Hall–Kier alpha value is -2.30. The van der Waals surface area contributed by atoms with Crippen molar-refractivity contribution in [1.29, 1.82) is 0 Å². The second kappa shape index (κ2) is 5.24. The minimum absolute atomic E-state index is 0.0253. The van der Waals surface area contributed by atoms with Gasteiger partial charge in [-0.3, -0.25) is 9.59 Å². The molecule has 2 aromatic rings. The summed E-state index contributed by atoms with van der Waals surface area (Å²) in [5, 5.41) is 0.940. The van der Waals surface area contributed by atoms with Crippen LogP contribution in [0, 0.1) is 0 Å². The van der Waals surface area contributed by atoms with Crippen molar-refractivity contribution in [1.82, 2.24) is 14.4 Å². The Morgan fingerprint density at radius 3 is 2.71 bits per heavy atom. The second-order valence-electron chi connectivity index (χ2n) is 5.37. The zero-order chi connectivity index (χ0) is 15.0. The number of nitrogens with zero attached hydrogens (tertiary/aromatic N) is 3. The molecule has 2 heterocycles. The minimum Gasteiger partial charge on any atom is -0.350 e. The number of hydrogen-bond acceptors (Lipinski definition) is 2. The largest absolute Gasteiger partial charge is 0.350 e. The van der Waals surface area contributed by atoms with Gasteiger partial charge in [-0.05, 0) is 13.0 Å². The number of hydrogen-bond donors (Lipinski definition) is 0. The predicted octanol–water partition coefficient (Wildman–Crippen LogP) is 1.48. The van der Waals surface area contributed by atoms with E-state index >= 15 is 0 Å². The van der Waals surface area contributed by atoms with E-state index in [0.717, 1.165) is 10.9 Å². The highest BCUT2D eigenvalue weighted by molar-refractivity contribution is 6.07. The highest BCUT2D eigenvalue weighted by atomic mass is 16.2. The number of likely N-dealkylation sites (N-methyl/N-ethyl adjacent to an activating group) is 1. The summed E-state index contributed by atoms with van der Waals surface area (Å²) >= 11 is 0. The molecule has 3 rings (SSSR count). The molecule has 0 N–H and O–H groups in total. The first-order valence-electron chi connectivity index (χ1n) is 7.23. The number of rotatable bonds is 2. The summed E-state index contributed by atoms with van der Waals surface area (Å²) < 4.78 is 1.95. The summed E-state index contributed by atoms with van der Waals surface area (Å²) in [6.07, 6.45) is 1.85. The fraction of sp³-hybridized carbons (Fsp3) is 0.375. The highest BCUT2D eigenvalue weighted by Gasteiger charge is 2.28. The zero-order valence-corrected chi connectivity index (χ0v) is 12.4. The lowest BCUT2D eigenvalue weighted by Gasteiger charge is -2.33. The Balaban J connectivity index is 1.90. The third kappa shape index (κ3) is 2.28. The molecule has 0 radical (unpaired) electrons. The van der Waals surface area contributed by atoms with Gasteiger partial charge in [-0.2, -0.15) is 0 Å². The molecule has 0 aliphatic carbocycles. The number of para-hydroxylation sites is 1. The predicted molar refractivity (Wildman–Crippen MR) is 81.1 cm³/mol. The Kier molecular flexibility index (Phi) is 3.41. The van der Waals surface area contributed by atoms with Crippen LogP contribution in [0.15, 0.2) is 30.5 Å². The Morgan fingerprint density at radius 1 is 1.24 bits per heavy atom. The van der Waals surface area contributed by atoms with Crippen molar-refractivity contribution in [3.05, 3.63) is 36.0 Å². The van der Waals surface area contributed by atoms with Crippen molar-refractivity contribution in [2.45, 2.75) is 6.92 Å². The molecule has 1 aliphatic heterocycles. The van der Waals surface area contributed by atoms with Crippen molar-refractivity contribution in [3.8, 4) is 0 Å². The van der Waals surface area contributed by atoms with Gasteiger partial charge in [0.05, 0.1) is 5.56 Å². The molecule has 0 spiro atoms. The smallest absolute Gasteiger partial charge is 0.256 e. The number of piperazine rings is 1. The van der Waals surface area contributed by atoms with Crippen molar-refractivity contribution in [3.63, 3.8) is 0 Å². The van der Waals surface area contributed by atoms with Gasteiger partial charge in [0.25, 0.3) is 5.91 Å². The lowest BCUT2D eigenvalue weighted by Crippen LogP contribution is -2.52. The van der Waals surface area contributed by atoms with E-state index in [1.165, 1.54) is 0 Å². The molecular formula is C16H19N3O2. The molecule has 0 saturated carbocycles. The normalized spacial score (nSPS) is 15.8. The molecule has 0 bridgehead atoms. The Labute approximate surface area is 123 Å². The number of amides is 2. The minimum atomic E-state index is -0.0593. The monoisotopic (exact) mass is 285 g/mol. The van der Waals surface area contributed by atoms with Crippen LogP contribution in [-0.4, -0.2) is 52.4 Å². The Bertz CT molecular complexity index is 705.